The molecule has 1 rings (SSSR count). The number of ether oxygens (including phenoxy) is 2. The zero-order valence-corrected chi connectivity index (χ0v) is 6.30. The Bertz CT molecular complexity index is 132. The SMILES string of the molecule is [B][C@@H]1O[C@H](CO)C(O)C1OC. The van der Waals surface area contributed by atoms with Crippen LogP contribution in [0.1, 0.15) is 0 Å². The van der Waals surface area contributed by atoms with Crippen molar-refractivity contribution in [2.24, 2.45) is 0 Å². The highest BCUT2D eigenvalue weighted by atomic mass is 16.6. The molecule has 2 N–H and O–H groups in total. The van der Waals surface area contributed by atoms with Gasteiger partial charge in [-0.3, -0.25) is 0 Å². The van der Waals surface area contributed by atoms with Gasteiger partial charge >= 0.3 is 0 Å². The molecule has 4 nitrogen and oxygen atoms in total. The molecular formula is C6H11BO4. The van der Waals surface area contributed by atoms with Gasteiger partial charge in [-0.2, -0.15) is 0 Å². The standard InChI is InChI=1S/C6H11BO4/c1-10-5-4(9)3(2-8)11-6(5)7/h3-6,8-9H,2H2,1H3/t3-,4?,5?,6-/m1/s1. The van der Waals surface area contributed by atoms with E-state index in [1.165, 1.54) is 7.11 Å². The van der Waals surface area contributed by atoms with Gasteiger partial charge in [0.25, 0.3) is 0 Å². The molecular weight excluding hydrogens is 147 g/mol. The van der Waals surface area contributed by atoms with Gasteiger partial charge in [-0.15, -0.1) is 0 Å². The van der Waals surface area contributed by atoms with Crippen molar-refractivity contribution in [1.82, 2.24) is 0 Å². The molecule has 2 radical (unpaired) electrons. The summed E-state index contributed by atoms with van der Waals surface area (Å²) in [7, 11) is 6.87. The third kappa shape index (κ3) is 1.56. The number of aliphatic hydroxyl groups is 2. The highest BCUT2D eigenvalue weighted by molar-refractivity contribution is 6.11. The molecule has 2 unspecified atom stereocenters. The summed E-state index contributed by atoms with van der Waals surface area (Å²) in [4.78, 5) is 0. The molecule has 1 aliphatic heterocycles. The second-order valence-electron chi connectivity index (χ2n) is 2.51. The Morgan fingerprint density at radius 3 is 2.55 bits per heavy atom. The molecule has 1 saturated heterocycles. The maximum Gasteiger partial charge on any atom is 0.112 e. The maximum atomic E-state index is 9.33. The van der Waals surface area contributed by atoms with Crippen LogP contribution in [-0.4, -0.2) is 56.1 Å². The van der Waals surface area contributed by atoms with Crippen molar-refractivity contribution in [3.63, 3.8) is 0 Å². The van der Waals surface area contributed by atoms with E-state index in [-0.39, 0.29) is 6.61 Å². The molecule has 11 heavy (non-hydrogen) atoms. The van der Waals surface area contributed by atoms with Gasteiger partial charge in [0, 0.05) is 13.1 Å². The molecule has 4 atom stereocenters. The molecule has 0 aromatic carbocycles. The molecule has 0 saturated carbocycles. The average Bonchev–Trinajstić information content (AvgIpc) is 2.26. The Hall–Kier alpha value is -0.0951. The molecule has 1 heterocycles. The first-order chi connectivity index (χ1) is 5.20. The number of methoxy groups -OCH3 is 1. The van der Waals surface area contributed by atoms with Gasteiger partial charge in [-0.05, 0) is 0 Å². The summed E-state index contributed by atoms with van der Waals surface area (Å²) in [5, 5.41) is 18.0. The van der Waals surface area contributed by atoms with E-state index in [2.05, 4.69) is 0 Å². The quantitative estimate of drug-likeness (QED) is 0.467. The van der Waals surface area contributed by atoms with Crippen molar-refractivity contribution in [2.75, 3.05) is 13.7 Å². The molecule has 62 valence electrons. The third-order valence-corrected chi connectivity index (χ3v) is 1.83. The normalized spacial score (nSPS) is 44.6. The lowest BCUT2D eigenvalue weighted by Gasteiger charge is -2.15. The summed E-state index contributed by atoms with van der Waals surface area (Å²) < 4.78 is 9.84. The maximum absolute atomic E-state index is 9.33. The lowest BCUT2D eigenvalue weighted by Crippen LogP contribution is -2.35. The molecule has 1 aliphatic rings. The van der Waals surface area contributed by atoms with Crippen LogP contribution in [0.15, 0.2) is 0 Å². The van der Waals surface area contributed by atoms with Crippen LogP contribution in [0.25, 0.3) is 0 Å². The summed E-state index contributed by atoms with van der Waals surface area (Å²) in [6.45, 7) is -0.241. The zero-order valence-electron chi connectivity index (χ0n) is 6.30. The molecule has 0 amide bonds. The largest absolute Gasteiger partial charge is 0.394 e. The monoisotopic (exact) mass is 158 g/mol. The number of aliphatic hydroxyl groups excluding tert-OH is 2. The van der Waals surface area contributed by atoms with Gasteiger partial charge in [-0.25, -0.2) is 0 Å². The fourth-order valence-electron chi connectivity index (χ4n) is 1.19. The third-order valence-electron chi connectivity index (χ3n) is 1.83. The first kappa shape index (κ1) is 9.00. The van der Waals surface area contributed by atoms with Crippen LogP contribution in [0.3, 0.4) is 0 Å². The predicted octanol–water partition coefficient (Wildman–Crippen LogP) is -1.75. The Balaban J connectivity index is 2.55. The summed E-state index contributed by atoms with van der Waals surface area (Å²) >= 11 is 0. The predicted molar refractivity (Wildman–Crippen MR) is 38.3 cm³/mol. The van der Waals surface area contributed by atoms with Gasteiger partial charge in [0.2, 0.25) is 0 Å². The lowest BCUT2D eigenvalue weighted by molar-refractivity contribution is -0.0145. The summed E-state index contributed by atoms with van der Waals surface area (Å²) in [5.74, 6) is 0. The van der Waals surface area contributed by atoms with Crippen LogP contribution >= 0.6 is 0 Å². The Morgan fingerprint density at radius 2 is 2.27 bits per heavy atom. The van der Waals surface area contributed by atoms with Crippen LogP contribution in [0.2, 0.25) is 0 Å². The second kappa shape index (κ2) is 3.54. The van der Waals surface area contributed by atoms with E-state index < -0.39 is 24.3 Å². The second-order valence-corrected chi connectivity index (χ2v) is 2.51. The van der Waals surface area contributed by atoms with Gasteiger partial charge in [0.1, 0.15) is 26.2 Å². The van der Waals surface area contributed by atoms with E-state index in [0.29, 0.717) is 0 Å². The Morgan fingerprint density at radius 1 is 1.64 bits per heavy atom. The van der Waals surface area contributed by atoms with Crippen LogP contribution in [-0.2, 0) is 9.47 Å². The first-order valence-electron chi connectivity index (χ1n) is 3.43. The van der Waals surface area contributed by atoms with Gasteiger partial charge in [0.15, 0.2) is 0 Å². The fourth-order valence-corrected chi connectivity index (χ4v) is 1.19. The van der Waals surface area contributed by atoms with E-state index >= 15 is 0 Å². The minimum absolute atomic E-state index is 0.241. The number of hydrogen-bond donors (Lipinski definition) is 2. The first-order valence-corrected chi connectivity index (χ1v) is 3.43. The van der Waals surface area contributed by atoms with Crippen LogP contribution < -0.4 is 0 Å². The van der Waals surface area contributed by atoms with Crippen LogP contribution in [0.5, 0.6) is 0 Å². The lowest BCUT2D eigenvalue weighted by atomic mass is 9.93. The fraction of sp³-hybridized carbons (Fsp3) is 1.00. The average molecular weight is 158 g/mol. The van der Waals surface area contributed by atoms with E-state index in [0.717, 1.165) is 0 Å². The van der Waals surface area contributed by atoms with E-state index in [4.69, 9.17) is 22.4 Å². The molecule has 0 aliphatic carbocycles. The molecule has 0 bridgehead atoms. The Labute approximate surface area is 66.5 Å². The minimum atomic E-state index is -0.833. The molecule has 0 aromatic rings. The molecule has 1 fully saturated rings. The van der Waals surface area contributed by atoms with Crippen molar-refractivity contribution in [3.05, 3.63) is 0 Å². The zero-order chi connectivity index (χ0) is 8.43. The highest BCUT2D eigenvalue weighted by Crippen LogP contribution is 2.20. The van der Waals surface area contributed by atoms with Gasteiger partial charge < -0.3 is 19.7 Å². The Kier molecular flexibility index (Phi) is 2.89. The molecule has 0 aromatic heterocycles. The van der Waals surface area contributed by atoms with E-state index in [1.807, 2.05) is 0 Å². The van der Waals surface area contributed by atoms with Crippen molar-refractivity contribution >= 4 is 7.85 Å². The van der Waals surface area contributed by atoms with E-state index in [9.17, 15) is 5.11 Å². The smallest absolute Gasteiger partial charge is 0.112 e. The summed E-state index contributed by atoms with van der Waals surface area (Å²) in [5.41, 5.74) is 0. The van der Waals surface area contributed by atoms with Crippen LogP contribution in [0.4, 0.5) is 0 Å². The van der Waals surface area contributed by atoms with Crippen LogP contribution in [0, 0.1) is 0 Å². The topological polar surface area (TPSA) is 58.9 Å². The number of rotatable bonds is 2. The number of hydrogen-bond acceptors (Lipinski definition) is 4. The summed E-state index contributed by atoms with van der Waals surface area (Å²) in [6, 6.07) is -0.646. The minimum Gasteiger partial charge on any atom is -0.394 e. The molecule has 0 spiro atoms. The van der Waals surface area contributed by atoms with E-state index in [1.54, 1.807) is 0 Å². The highest BCUT2D eigenvalue weighted by Gasteiger charge is 2.40. The summed E-state index contributed by atoms with van der Waals surface area (Å²) in [6.07, 6.45) is -1.98. The van der Waals surface area contributed by atoms with Crippen molar-refractivity contribution in [2.45, 2.75) is 24.3 Å². The van der Waals surface area contributed by atoms with Gasteiger partial charge in [-0.1, -0.05) is 0 Å². The van der Waals surface area contributed by atoms with Crippen molar-refractivity contribution in [3.8, 4) is 0 Å². The van der Waals surface area contributed by atoms with Gasteiger partial charge in [0.05, 0.1) is 6.61 Å². The molecule has 5 heteroatoms. The van der Waals surface area contributed by atoms with Crippen molar-refractivity contribution < 1.29 is 19.7 Å². The van der Waals surface area contributed by atoms with Crippen molar-refractivity contribution in [1.29, 1.82) is 0 Å².